The van der Waals surface area contributed by atoms with Crippen LogP contribution in [-0.2, 0) is 11.3 Å². The van der Waals surface area contributed by atoms with Crippen LogP contribution in [0.4, 0.5) is 0 Å². The number of hydrogen-bond acceptors (Lipinski definition) is 3. The Morgan fingerprint density at radius 2 is 1.85 bits per heavy atom. The summed E-state index contributed by atoms with van der Waals surface area (Å²) in [5.41, 5.74) is 6.86. The van der Waals surface area contributed by atoms with E-state index in [1.54, 1.807) is 6.92 Å². The van der Waals surface area contributed by atoms with E-state index in [4.69, 9.17) is 18.0 Å². The molecule has 1 aliphatic rings. The lowest BCUT2D eigenvalue weighted by Gasteiger charge is -2.35. The molecule has 1 heterocycles. The van der Waals surface area contributed by atoms with E-state index in [0.717, 1.165) is 32.7 Å². The van der Waals surface area contributed by atoms with Crippen LogP contribution < -0.4 is 5.73 Å². The van der Waals surface area contributed by atoms with Gasteiger partial charge in [-0.15, -0.1) is 0 Å². The number of rotatable bonds is 4. The Morgan fingerprint density at radius 1 is 1.25 bits per heavy atom. The molecular weight excluding hydrogens is 270 g/mol. The quantitative estimate of drug-likeness (QED) is 0.848. The van der Waals surface area contributed by atoms with Gasteiger partial charge in [-0.3, -0.25) is 9.69 Å². The summed E-state index contributed by atoms with van der Waals surface area (Å²) in [6.45, 7) is 6.00. The second kappa shape index (κ2) is 6.81. The van der Waals surface area contributed by atoms with Crippen LogP contribution in [0.5, 0.6) is 0 Å². The van der Waals surface area contributed by atoms with E-state index in [2.05, 4.69) is 29.2 Å². The average molecular weight is 291 g/mol. The monoisotopic (exact) mass is 291 g/mol. The first kappa shape index (κ1) is 14.9. The van der Waals surface area contributed by atoms with E-state index in [1.807, 2.05) is 11.0 Å². The van der Waals surface area contributed by atoms with Gasteiger partial charge >= 0.3 is 0 Å². The Bertz CT molecular complexity index is 469. The number of hydrogen-bond donors (Lipinski definition) is 1. The summed E-state index contributed by atoms with van der Waals surface area (Å²) < 4.78 is 0. The molecule has 0 spiro atoms. The second-order valence-electron chi connectivity index (χ2n) is 5.21. The van der Waals surface area contributed by atoms with Crippen LogP contribution in [0.15, 0.2) is 30.3 Å². The summed E-state index contributed by atoms with van der Waals surface area (Å²) in [5.74, 6) is -0.303. The Balaban J connectivity index is 1.83. The molecule has 1 saturated heterocycles. The van der Waals surface area contributed by atoms with E-state index in [1.165, 1.54) is 5.56 Å². The molecule has 1 amide bonds. The van der Waals surface area contributed by atoms with E-state index in [-0.39, 0.29) is 16.8 Å². The molecular formula is C15H21N3OS. The van der Waals surface area contributed by atoms with Crippen molar-refractivity contribution in [1.29, 1.82) is 0 Å². The summed E-state index contributed by atoms with van der Waals surface area (Å²) in [5, 5.41) is 0. The van der Waals surface area contributed by atoms with Gasteiger partial charge in [-0.2, -0.15) is 0 Å². The van der Waals surface area contributed by atoms with Gasteiger partial charge in [0.05, 0.1) is 10.9 Å². The minimum absolute atomic E-state index is 0.0526. The maximum atomic E-state index is 12.1. The molecule has 2 N–H and O–H groups in total. The highest BCUT2D eigenvalue weighted by atomic mass is 32.1. The Hall–Kier alpha value is -1.46. The molecule has 1 fully saturated rings. The Morgan fingerprint density at radius 3 is 2.40 bits per heavy atom. The molecule has 1 aliphatic heterocycles. The van der Waals surface area contributed by atoms with Crippen molar-refractivity contribution in [3.8, 4) is 0 Å². The molecule has 5 heteroatoms. The Labute approximate surface area is 125 Å². The minimum Gasteiger partial charge on any atom is -0.393 e. The fourth-order valence-electron chi connectivity index (χ4n) is 2.36. The molecule has 20 heavy (non-hydrogen) atoms. The van der Waals surface area contributed by atoms with Gasteiger partial charge in [0, 0.05) is 32.7 Å². The number of thiocarbonyl (C=S) groups is 1. The van der Waals surface area contributed by atoms with Crippen molar-refractivity contribution in [3.05, 3.63) is 35.9 Å². The van der Waals surface area contributed by atoms with Crippen LogP contribution in [0.25, 0.3) is 0 Å². The van der Waals surface area contributed by atoms with Crippen LogP contribution in [-0.4, -0.2) is 46.9 Å². The normalized spacial score (nSPS) is 17.8. The van der Waals surface area contributed by atoms with Gasteiger partial charge in [0.15, 0.2) is 0 Å². The molecule has 0 radical (unpaired) electrons. The molecule has 0 aliphatic carbocycles. The summed E-state index contributed by atoms with van der Waals surface area (Å²) in [7, 11) is 0. The third-order valence-electron chi connectivity index (χ3n) is 3.73. The number of piperazine rings is 1. The van der Waals surface area contributed by atoms with Gasteiger partial charge in [-0.05, 0) is 12.5 Å². The van der Waals surface area contributed by atoms with Crippen molar-refractivity contribution in [3.63, 3.8) is 0 Å². The molecule has 0 saturated carbocycles. The molecule has 0 aromatic heterocycles. The van der Waals surface area contributed by atoms with Crippen LogP contribution in [0.1, 0.15) is 12.5 Å². The van der Waals surface area contributed by atoms with Crippen molar-refractivity contribution < 1.29 is 4.79 Å². The molecule has 0 bridgehead atoms. The first-order chi connectivity index (χ1) is 9.58. The summed E-state index contributed by atoms with van der Waals surface area (Å²) in [4.78, 5) is 16.7. The van der Waals surface area contributed by atoms with Crippen LogP contribution >= 0.6 is 12.2 Å². The second-order valence-corrected chi connectivity index (χ2v) is 5.68. The van der Waals surface area contributed by atoms with E-state index >= 15 is 0 Å². The van der Waals surface area contributed by atoms with Gasteiger partial charge in [-0.1, -0.05) is 42.5 Å². The summed E-state index contributed by atoms with van der Waals surface area (Å²) in [6, 6.07) is 10.4. The standard InChI is InChI=1S/C15H21N3OS/c1-12(14(16)20)15(19)18-9-7-17(8-10-18)11-13-5-3-2-4-6-13/h2-6,12H,7-11H2,1H3,(H2,16,20). The molecule has 2 rings (SSSR count). The molecule has 108 valence electrons. The predicted molar refractivity (Wildman–Crippen MR) is 84.2 cm³/mol. The molecule has 1 unspecified atom stereocenters. The van der Waals surface area contributed by atoms with Crippen LogP contribution in [0.3, 0.4) is 0 Å². The number of nitrogens with two attached hydrogens (primary N) is 1. The average Bonchev–Trinajstić information content (AvgIpc) is 2.47. The largest absolute Gasteiger partial charge is 0.393 e. The highest BCUT2D eigenvalue weighted by Gasteiger charge is 2.26. The summed E-state index contributed by atoms with van der Waals surface area (Å²) >= 11 is 4.89. The zero-order valence-corrected chi connectivity index (χ0v) is 12.6. The third-order valence-corrected chi connectivity index (χ3v) is 4.08. The topological polar surface area (TPSA) is 49.6 Å². The van der Waals surface area contributed by atoms with Crippen molar-refractivity contribution in [2.45, 2.75) is 13.5 Å². The van der Waals surface area contributed by atoms with E-state index in [0.29, 0.717) is 0 Å². The van der Waals surface area contributed by atoms with Crippen LogP contribution in [0.2, 0.25) is 0 Å². The maximum Gasteiger partial charge on any atom is 0.232 e. The number of benzene rings is 1. The first-order valence-corrected chi connectivity index (χ1v) is 7.33. The van der Waals surface area contributed by atoms with Crippen molar-refractivity contribution >= 4 is 23.1 Å². The van der Waals surface area contributed by atoms with Crippen molar-refractivity contribution in [1.82, 2.24) is 9.80 Å². The smallest absolute Gasteiger partial charge is 0.232 e. The minimum atomic E-state index is -0.356. The van der Waals surface area contributed by atoms with Crippen molar-refractivity contribution in [2.75, 3.05) is 26.2 Å². The number of carbonyl (C=O) groups excluding carboxylic acids is 1. The third kappa shape index (κ3) is 3.77. The lowest BCUT2D eigenvalue weighted by Crippen LogP contribution is -2.51. The molecule has 4 nitrogen and oxygen atoms in total. The molecule has 1 aromatic carbocycles. The molecule has 1 atom stereocenters. The Kier molecular flexibility index (Phi) is 5.09. The fourth-order valence-corrected chi connectivity index (χ4v) is 2.46. The number of carbonyl (C=O) groups is 1. The fraction of sp³-hybridized carbons (Fsp3) is 0.467. The lowest BCUT2D eigenvalue weighted by atomic mass is 10.1. The number of amides is 1. The van der Waals surface area contributed by atoms with Gasteiger partial charge in [-0.25, -0.2) is 0 Å². The highest BCUT2D eigenvalue weighted by molar-refractivity contribution is 7.80. The van der Waals surface area contributed by atoms with Crippen LogP contribution in [0, 0.1) is 5.92 Å². The zero-order chi connectivity index (χ0) is 14.5. The van der Waals surface area contributed by atoms with E-state index in [9.17, 15) is 4.79 Å². The van der Waals surface area contributed by atoms with Gasteiger partial charge in [0.2, 0.25) is 5.91 Å². The van der Waals surface area contributed by atoms with E-state index < -0.39 is 0 Å². The van der Waals surface area contributed by atoms with Gasteiger partial charge < -0.3 is 10.6 Å². The summed E-state index contributed by atoms with van der Waals surface area (Å²) in [6.07, 6.45) is 0. The SMILES string of the molecule is CC(C(=O)N1CCN(Cc2ccccc2)CC1)C(N)=S. The predicted octanol–water partition coefficient (Wildman–Crippen LogP) is 1.25. The lowest BCUT2D eigenvalue weighted by molar-refractivity contribution is -0.134. The first-order valence-electron chi connectivity index (χ1n) is 6.92. The maximum absolute atomic E-state index is 12.1. The van der Waals surface area contributed by atoms with Gasteiger partial charge in [0.1, 0.15) is 0 Å². The van der Waals surface area contributed by atoms with Crippen molar-refractivity contribution in [2.24, 2.45) is 11.7 Å². The highest BCUT2D eigenvalue weighted by Crippen LogP contribution is 2.11. The van der Waals surface area contributed by atoms with Gasteiger partial charge in [0.25, 0.3) is 0 Å². The molecule has 1 aromatic rings. The number of nitrogens with zero attached hydrogens (tertiary/aromatic N) is 2. The zero-order valence-electron chi connectivity index (χ0n) is 11.8.